The van der Waals surface area contributed by atoms with E-state index in [1.54, 1.807) is 22.7 Å². The summed E-state index contributed by atoms with van der Waals surface area (Å²) in [6.45, 7) is 0.796. The van der Waals surface area contributed by atoms with Gasteiger partial charge in [-0.2, -0.15) is 4.98 Å². The third kappa shape index (κ3) is 2.16. The Bertz CT molecular complexity index is 645. The van der Waals surface area contributed by atoms with Crippen LogP contribution in [0.5, 0.6) is 0 Å². The van der Waals surface area contributed by atoms with Crippen molar-refractivity contribution in [2.24, 2.45) is 0 Å². The summed E-state index contributed by atoms with van der Waals surface area (Å²) in [5.74, 6) is 1.54. The van der Waals surface area contributed by atoms with Crippen molar-refractivity contribution >= 4 is 44.7 Å². The zero-order valence-electron chi connectivity index (χ0n) is 9.80. The van der Waals surface area contributed by atoms with Crippen LogP contribution < -0.4 is 10.6 Å². The van der Waals surface area contributed by atoms with Crippen molar-refractivity contribution in [3.8, 4) is 0 Å². The molecule has 3 aromatic heterocycles. The van der Waals surface area contributed by atoms with Gasteiger partial charge in [0, 0.05) is 11.9 Å². The van der Waals surface area contributed by atoms with Gasteiger partial charge in [0.15, 0.2) is 0 Å². The van der Waals surface area contributed by atoms with Crippen LogP contribution in [0.4, 0.5) is 11.8 Å². The number of hydrogen-bond donors (Lipinski definition) is 2. The Morgan fingerprint density at radius 2 is 2.11 bits per heavy atom. The van der Waals surface area contributed by atoms with E-state index in [0.717, 1.165) is 22.6 Å². The number of rotatable bonds is 4. The van der Waals surface area contributed by atoms with E-state index in [-0.39, 0.29) is 0 Å². The van der Waals surface area contributed by atoms with E-state index < -0.39 is 0 Å². The van der Waals surface area contributed by atoms with Gasteiger partial charge in [-0.25, -0.2) is 4.98 Å². The van der Waals surface area contributed by atoms with E-state index in [1.165, 1.54) is 4.88 Å². The number of hydrogen-bond acceptors (Lipinski definition) is 6. The summed E-state index contributed by atoms with van der Waals surface area (Å²) in [5.41, 5.74) is 0.980. The van der Waals surface area contributed by atoms with E-state index in [2.05, 4.69) is 38.1 Å². The van der Waals surface area contributed by atoms with E-state index in [1.807, 2.05) is 18.5 Å². The van der Waals surface area contributed by atoms with Gasteiger partial charge in [0.1, 0.15) is 5.82 Å². The van der Waals surface area contributed by atoms with Gasteiger partial charge >= 0.3 is 0 Å². The molecule has 0 amide bonds. The molecule has 0 radical (unpaired) electrons. The molecule has 3 heterocycles. The molecule has 92 valence electrons. The molecule has 18 heavy (non-hydrogen) atoms. The molecule has 3 aromatic rings. The first-order chi connectivity index (χ1) is 8.86. The molecule has 0 bridgehead atoms. The number of nitrogens with zero attached hydrogens (tertiary/aromatic N) is 2. The first kappa shape index (κ1) is 11.4. The highest BCUT2D eigenvalue weighted by Gasteiger charge is 2.08. The molecule has 0 aliphatic heterocycles. The Morgan fingerprint density at radius 3 is 2.89 bits per heavy atom. The Hall–Kier alpha value is -1.66. The third-order valence-corrected chi connectivity index (χ3v) is 4.32. The summed E-state index contributed by atoms with van der Waals surface area (Å²) in [6.07, 6.45) is 0. The number of anilines is 2. The molecule has 2 N–H and O–H groups in total. The molecular weight excluding hydrogens is 264 g/mol. The second-order valence-electron chi connectivity index (χ2n) is 3.71. The minimum Gasteiger partial charge on any atom is -0.364 e. The average molecular weight is 276 g/mol. The molecule has 0 aliphatic carbocycles. The molecule has 0 saturated carbocycles. The van der Waals surface area contributed by atoms with Crippen LogP contribution in [0, 0.1) is 0 Å². The average Bonchev–Trinajstić information content (AvgIpc) is 3.06. The van der Waals surface area contributed by atoms with Gasteiger partial charge in [-0.15, -0.1) is 22.7 Å². The molecule has 0 fully saturated rings. The SMILES string of the molecule is CNc1nc(NCc2cccs2)c2sccc2n1. The van der Waals surface area contributed by atoms with E-state index in [4.69, 9.17) is 0 Å². The largest absolute Gasteiger partial charge is 0.364 e. The fourth-order valence-corrected chi connectivity index (χ4v) is 3.12. The van der Waals surface area contributed by atoms with Gasteiger partial charge in [-0.3, -0.25) is 0 Å². The maximum atomic E-state index is 4.47. The number of fused-ring (bicyclic) bond motifs is 1. The first-order valence-electron chi connectivity index (χ1n) is 5.56. The monoisotopic (exact) mass is 276 g/mol. The molecule has 0 atom stereocenters. The first-order valence-corrected chi connectivity index (χ1v) is 7.32. The zero-order chi connectivity index (χ0) is 12.4. The Balaban J connectivity index is 1.92. The van der Waals surface area contributed by atoms with Crippen molar-refractivity contribution in [1.29, 1.82) is 0 Å². The Morgan fingerprint density at radius 1 is 1.17 bits per heavy atom. The van der Waals surface area contributed by atoms with Gasteiger partial charge < -0.3 is 10.6 Å². The maximum absolute atomic E-state index is 4.47. The van der Waals surface area contributed by atoms with Crippen molar-refractivity contribution in [2.45, 2.75) is 6.54 Å². The highest BCUT2D eigenvalue weighted by molar-refractivity contribution is 7.17. The topological polar surface area (TPSA) is 49.8 Å². The van der Waals surface area contributed by atoms with Crippen LogP contribution in [-0.2, 0) is 6.54 Å². The Kier molecular flexibility index (Phi) is 3.12. The van der Waals surface area contributed by atoms with Crippen molar-refractivity contribution in [3.05, 3.63) is 33.8 Å². The van der Waals surface area contributed by atoms with E-state index >= 15 is 0 Å². The van der Waals surface area contributed by atoms with E-state index in [0.29, 0.717) is 5.95 Å². The van der Waals surface area contributed by atoms with Crippen LogP contribution in [0.3, 0.4) is 0 Å². The summed E-state index contributed by atoms with van der Waals surface area (Å²) in [4.78, 5) is 10.2. The zero-order valence-corrected chi connectivity index (χ0v) is 11.4. The lowest BCUT2D eigenvalue weighted by Crippen LogP contribution is -2.03. The quantitative estimate of drug-likeness (QED) is 0.766. The molecule has 0 saturated heterocycles. The Labute approximate surface area is 113 Å². The normalized spacial score (nSPS) is 10.7. The fourth-order valence-electron chi connectivity index (χ4n) is 1.68. The van der Waals surface area contributed by atoms with Crippen LogP contribution in [0.2, 0.25) is 0 Å². The lowest BCUT2D eigenvalue weighted by atomic mass is 10.4. The minimum absolute atomic E-state index is 0.648. The second-order valence-corrected chi connectivity index (χ2v) is 5.66. The smallest absolute Gasteiger partial charge is 0.225 e. The van der Waals surface area contributed by atoms with Gasteiger partial charge in [0.25, 0.3) is 0 Å². The third-order valence-electron chi connectivity index (χ3n) is 2.54. The van der Waals surface area contributed by atoms with Crippen molar-refractivity contribution in [1.82, 2.24) is 9.97 Å². The number of aromatic nitrogens is 2. The van der Waals surface area contributed by atoms with Crippen LogP contribution in [-0.4, -0.2) is 17.0 Å². The highest BCUT2D eigenvalue weighted by Crippen LogP contribution is 2.27. The van der Waals surface area contributed by atoms with Gasteiger partial charge in [0.2, 0.25) is 5.95 Å². The predicted octanol–water partition coefficient (Wildman–Crippen LogP) is 3.41. The van der Waals surface area contributed by atoms with Gasteiger partial charge in [-0.05, 0) is 22.9 Å². The molecular formula is C12H12N4S2. The summed E-state index contributed by atoms with van der Waals surface area (Å²) in [6, 6.07) is 6.18. The molecule has 0 aromatic carbocycles. The summed E-state index contributed by atoms with van der Waals surface area (Å²) >= 11 is 3.40. The molecule has 0 unspecified atom stereocenters. The van der Waals surface area contributed by atoms with E-state index in [9.17, 15) is 0 Å². The van der Waals surface area contributed by atoms with Crippen LogP contribution in [0.25, 0.3) is 10.2 Å². The van der Waals surface area contributed by atoms with Crippen molar-refractivity contribution in [3.63, 3.8) is 0 Å². The molecule has 0 aliphatic rings. The van der Waals surface area contributed by atoms with Gasteiger partial charge in [0.05, 0.1) is 16.8 Å². The standard InChI is InChI=1S/C12H12N4S2/c1-13-12-15-9-4-6-18-10(9)11(16-12)14-7-8-3-2-5-17-8/h2-6H,7H2,1H3,(H2,13,14,15,16). The minimum atomic E-state index is 0.648. The summed E-state index contributed by atoms with van der Waals surface area (Å²) < 4.78 is 1.10. The lowest BCUT2D eigenvalue weighted by Gasteiger charge is -2.07. The summed E-state index contributed by atoms with van der Waals surface area (Å²) in [5, 5.41) is 10.5. The number of thiophene rings is 2. The van der Waals surface area contributed by atoms with Crippen LogP contribution in [0.15, 0.2) is 29.0 Å². The van der Waals surface area contributed by atoms with Crippen LogP contribution in [0.1, 0.15) is 4.88 Å². The van der Waals surface area contributed by atoms with Crippen molar-refractivity contribution < 1.29 is 0 Å². The molecule has 4 nitrogen and oxygen atoms in total. The molecule has 3 rings (SSSR count). The number of nitrogens with one attached hydrogen (secondary N) is 2. The summed E-state index contributed by atoms with van der Waals surface area (Å²) in [7, 11) is 1.83. The van der Waals surface area contributed by atoms with Crippen LogP contribution >= 0.6 is 22.7 Å². The molecule has 0 spiro atoms. The maximum Gasteiger partial charge on any atom is 0.225 e. The van der Waals surface area contributed by atoms with Gasteiger partial charge in [-0.1, -0.05) is 6.07 Å². The highest BCUT2D eigenvalue weighted by atomic mass is 32.1. The fraction of sp³-hybridized carbons (Fsp3) is 0.167. The van der Waals surface area contributed by atoms with Crippen molar-refractivity contribution in [2.75, 3.05) is 17.7 Å². The lowest BCUT2D eigenvalue weighted by molar-refractivity contribution is 1.12. The predicted molar refractivity (Wildman–Crippen MR) is 78.6 cm³/mol. The molecule has 6 heteroatoms. The second kappa shape index (κ2) is 4.91.